The van der Waals surface area contributed by atoms with Crippen molar-refractivity contribution >= 4 is 12.2 Å². The van der Waals surface area contributed by atoms with Gasteiger partial charge in [0, 0.05) is 0 Å². The van der Waals surface area contributed by atoms with Crippen LogP contribution in [0.1, 0.15) is 21.5 Å². The molecule has 0 saturated heterocycles. The summed E-state index contributed by atoms with van der Waals surface area (Å²) in [6.07, 6.45) is 1.48. The molecule has 108 valence electrons. The first-order valence-corrected chi connectivity index (χ1v) is 6.34. The quantitative estimate of drug-likeness (QED) is 0.308. The Labute approximate surface area is 123 Å². The second-order valence-electron chi connectivity index (χ2n) is 4.45. The molecule has 0 saturated carbocycles. The number of hydrogen-bond acceptors (Lipinski definition) is 5. The molecule has 0 aliphatic heterocycles. The van der Waals surface area contributed by atoms with E-state index < -0.39 is 5.97 Å². The van der Waals surface area contributed by atoms with E-state index in [0.29, 0.717) is 17.1 Å². The first kappa shape index (κ1) is 14.6. The summed E-state index contributed by atoms with van der Waals surface area (Å²) in [6.45, 7) is 1.91. The van der Waals surface area contributed by atoms with E-state index in [2.05, 4.69) is 5.10 Å². The Morgan fingerprint density at radius 2 is 2.00 bits per heavy atom. The molecule has 21 heavy (non-hydrogen) atoms. The number of carbonyl (C=O) groups is 1. The van der Waals surface area contributed by atoms with Crippen molar-refractivity contribution in [3.05, 3.63) is 59.2 Å². The minimum atomic E-state index is -0.433. The molecule has 0 fully saturated rings. The molecule has 0 radical (unpaired) electrons. The van der Waals surface area contributed by atoms with E-state index in [0.717, 1.165) is 11.1 Å². The Hall–Kier alpha value is -2.82. The lowest BCUT2D eigenvalue weighted by atomic mass is 10.1. The van der Waals surface area contributed by atoms with Gasteiger partial charge in [0.25, 0.3) is 0 Å². The van der Waals surface area contributed by atoms with Crippen LogP contribution in [-0.2, 0) is 0 Å². The zero-order valence-corrected chi connectivity index (χ0v) is 11.9. The highest BCUT2D eigenvalue weighted by molar-refractivity contribution is 5.91. The third-order valence-corrected chi connectivity index (χ3v) is 2.87. The monoisotopic (exact) mass is 284 g/mol. The average Bonchev–Trinajstić information content (AvgIpc) is 2.49. The molecule has 0 atom stereocenters. The number of aryl methyl sites for hydroxylation is 1. The number of esters is 1. The van der Waals surface area contributed by atoms with Crippen LogP contribution < -0.4 is 15.3 Å². The number of carbonyl (C=O) groups excluding carboxylic acids is 1. The van der Waals surface area contributed by atoms with E-state index in [1.807, 2.05) is 19.1 Å². The molecule has 0 aliphatic rings. The molecule has 0 bridgehead atoms. The number of rotatable bonds is 4. The standard InChI is InChI=1S/C16H16N2O3/c1-11-4-3-5-13(8-11)16(19)21-14-7-6-12(10-18-17)9-15(14)20-2/h3-10H,17H2,1-2H3. The number of nitrogens with zero attached hydrogens (tertiary/aromatic N) is 1. The largest absolute Gasteiger partial charge is 0.493 e. The molecule has 0 unspecified atom stereocenters. The molecule has 0 aliphatic carbocycles. The van der Waals surface area contributed by atoms with Gasteiger partial charge in [-0.05, 0) is 42.8 Å². The average molecular weight is 284 g/mol. The van der Waals surface area contributed by atoms with Crippen molar-refractivity contribution in [1.29, 1.82) is 0 Å². The fourth-order valence-corrected chi connectivity index (χ4v) is 1.87. The zero-order valence-electron chi connectivity index (χ0n) is 11.9. The highest BCUT2D eigenvalue weighted by Crippen LogP contribution is 2.28. The van der Waals surface area contributed by atoms with Gasteiger partial charge in [-0.3, -0.25) is 0 Å². The van der Waals surface area contributed by atoms with E-state index in [-0.39, 0.29) is 0 Å². The maximum atomic E-state index is 12.1. The van der Waals surface area contributed by atoms with Crippen molar-refractivity contribution in [1.82, 2.24) is 0 Å². The van der Waals surface area contributed by atoms with Crippen LogP contribution in [0.25, 0.3) is 0 Å². The van der Waals surface area contributed by atoms with Gasteiger partial charge in [-0.25, -0.2) is 4.79 Å². The van der Waals surface area contributed by atoms with Crippen molar-refractivity contribution in [2.75, 3.05) is 7.11 Å². The van der Waals surface area contributed by atoms with Crippen LogP contribution in [-0.4, -0.2) is 19.3 Å². The van der Waals surface area contributed by atoms with Crippen LogP contribution in [0.3, 0.4) is 0 Å². The normalized spacial score (nSPS) is 10.6. The minimum absolute atomic E-state index is 0.346. The maximum absolute atomic E-state index is 12.1. The summed E-state index contributed by atoms with van der Waals surface area (Å²) in [7, 11) is 1.50. The number of hydrazone groups is 1. The van der Waals surface area contributed by atoms with Gasteiger partial charge >= 0.3 is 5.97 Å². The van der Waals surface area contributed by atoms with Crippen molar-refractivity contribution < 1.29 is 14.3 Å². The van der Waals surface area contributed by atoms with E-state index >= 15 is 0 Å². The van der Waals surface area contributed by atoms with Gasteiger partial charge in [0.15, 0.2) is 11.5 Å². The first-order chi connectivity index (χ1) is 10.1. The third-order valence-electron chi connectivity index (χ3n) is 2.87. The molecular formula is C16H16N2O3. The van der Waals surface area contributed by atoms with Gasteiger partial charge in [0.05, 0.1) is 18.9 Å². The first-order valence-electron chi connectivity index (χ1n) is 6.34. The molecule has 5 heteroatoms. The molecule has 5 nitrogen and oxygen atoms in total. The van der Waals surface area contributed by atoms with Gasteiger partial charge in [-0.15, -0.1) is 0 Å². The Bertz CT molecular complexity index is 681. The summed E-state index contributed by atoms with van der Waals surface area (Å²) in [4.78, 5) is 12.1. The Morgan fingerprint density at radius 3 is 2.67 bits per heavy atom. The minimum Gasteiger partial charge on any atom is -0.493 e. The summed E-state index contributed by atoms with van der Waals surface area (Å²) in [5.41, 5.74) is 2.24. The predicted octanol–water partition coefficient (Wildman–Crippen LogP) is 2.52. The summed E-state index contributed by atoms with van der Waals surface area (Å²) in [5.74, 6) is 5.46. The Balaban J connectivity index is 2.24. The van der Waals surface area contributed by atoms with Crippen molar-refractivity contribution in [2.24, 2.45) is 10.9 Å². The molecule has 2 rings (SSSR count). The van der Waals surface area contributed by atoms with Crippen LogP contribution in [0.5, 0.6) is 11.5 Å². The van der Waals surface area contributed by atoms with Gasteiger partial charge in [0.1, 0.15) is 0 Å². The van der Waals surface area contributed by atoms with Crippen LogP contribution in [0.15, 0.2) is 47.6 Å². The summed E-state index contributed by atoms with van der Waals surface area (Å²) in [5, 5.41) is 3.44. The molecule has 2 aromatic rings. The van der Waals surface area contributed by atoms with E-state index in [1.165, 1.54) is 13.3 Å². The van der Waals surface area contributed by atoms with Crippen molar-refractivity contribution in [3.8, 4) is 11.5 Å². The SMILES string of the molecule is COc1cc(C=NN)ccc1OC(=O)c1cccc(C)c1. The number of ether oxygens (including phenoxy) is 2. The molecule has 2 N–H and O–H groups in total. The lowest BCUT2D eigenvalue weighted by molar-refractivity contribution is 0.0729. The van der Waals surface area contributed by atoms with Crippen molar-refractivity contribution in [3.63, 3.8) is 0 Å². The molecule has 2 aromatic carbocycles. The summed E-state index contributed by atoms with van der Waals surface area (Å²) < 4.78 is 10.6. The number of methoxy groups -OCH3 is 1. The number of hydrogen-bond donors (Lipinski definition) is 1. The highest BCUT2D eigenvalue weighted by Gasteiger charge is 2.12. The van der Waals surface area contributed by atoms with E-state index in [9.17, 15) is 4.79 Å². The Morgan fingerprint density at radius 1 is 1.19 bits per heavy atom. The summed E-state index contributed by atoms with van der Waals surface area (Å²) >= 11 is 0. The van der Waals surface area contributed by atoms with Gasteiger partial charge in [0.2, 0.25) is 0 Å². The summed E-state index contributed by atoms with van der Waals surface area (Å²) in [6, 6.07) is 12.3. The lowest BCUT2D eigenvalue weighted by Gasteiger charge is -2.10. The second-order valence-corrected chi connectivity index (χ2v) is 4.45. The molecule has 0 aromatic heterocycles. The van der Waals surface area contributed by atoms with Gasteiger partial charge < -0.3 is 15.3 Å². The Kier molecular flexibility index (Phi) is 4.56. The highest BCUT2D eigenvalue weighted by atomic mass is 16.6. The van der Waals surface area contributed by atoms with Crippen molar-refractivity contribution in [2.45, 2.75) is 6.92 Å². The van der Waals surface area contributed by atoms with E-state index in [1.54, 1.807) is 30.3 Å². The van der Waals surface area contributed by atoms with Gasteiger partial charge in [-0.2, -0.15) is 5.10 Å². The number of benzene rings is 2. The maximum Gasteiger partial charge on any atom is 0.343 e. The zero-order chi connectivity index (χ0) is 15.2. The molecule has 0 spiro atoms. The van der Waals surface area contributed by atoms with E-state index in [4.69, 9.17) is 15.3 Å². The molecule has 0 amide bonds. The second kappa shape index (κ2) is 6.56. The molecular weight excluding hydrogens is 268 g/mol. The number of nitrogens with two attached hydrogens (primary N) is 1. The fourth-order valence-electron chi connectivity index (χ4n) is 1.87. The smallest absolute Gasteiger partial charge is 0.343 e. The third kappa shape index (κ3) is 3.60. The van der Waals surface area contributed by atoms with Crippen LogP contribution in [0.4, 0.5) is 0 Å². The van der Waals surface area contributed by atoms with Gasteiger partial charge in [-0.1, -0.05) is 17.7 Å². The topological polar surface area (TPSA) is 73.9 Å². The molecule has 0 heterocycles. The van der Waals surface area contributed by atoms with Crippen LogP contribution in [0, 0.1) is 6.92 Å². The lowest BCUT2D eigenvalue weighted by Crippen LogP contribution is -2.09. The van der Waals surface area contributed by atoms with Crippen LogP contribution in [0.2, 0.25) is 0 Å². The predicted molar refractivity (Wildman–Crippen MR) is 80.9 cm³/mol. The fraction of sp³-hybridized carbons (Fsp3) is 0.125. The van der Waals surface area contributed by atoms with Crippen LogP contribution >= 0.6 is 0 Å².